The summed E-state index contributed by atoms with van der Waals surface area (Å²) in [5.74, 6) is 0. The van der Waals surface area contributed by atoms with Crippen molar-refractivity contribution >= 4 is 123 Å². The first-order valence-electron chi connectivity index (χ1n) is 28.8. The van der Waals surface area contributed by atoms with Crippen LogP contribution in [0.1, 0.15) is 0 Å². The average molecular weight is 1090 g/mol. The third-order valence-electron chi connectivity index (χ3n) is 17.7. The summed E-state index contributed by atoms with van der Waals surface area (Å²) in [7, 11) is -5.64. The van der Waals surface area contributed by atoms with Crippen molar-refractivity contribution < 1.29 is 0 Å². The maximum Gasteiger partial charge on any atom is 0.179 e. The van der Waals surface area contributed by atoms with Gasteiger partial charge in [-0.2, -0.15) is 0 Å². The van der Waals surface area contributed by atoms with Crippen molar-refractivity contribution in [1.82, 2.24) is 13.7 Å². The van der Waals surface area contributed by atoms with Gasteiger partial charge >= 0.3 is 0 Å². The van der Waals surface area contributed by atoms with Crippen LogP contribution < -0.4 is 41.5 Å². The lowest BCUT2D eigenvalue weighted by Crippen LogP contribution is -2.74. The predicted molar refractivity (Wildman–Crippen MR) is 357 cm³/mol. The fourth-order valence-electron chi connectivity index (χ4n) is 14.3. The number of fused-ring (bicyclic) bond motifs is 9. The van der Waals surface area contributed by atoms with Gasteiger partial charge in [-0.1, -0.05) is 273 Å². The summed E-state index contributed by atoms with van der Waals surface area (Å²) in [6.07, 6.45) is 0. The predicted octanol–water partition coefficient (Wildman–Crippen LogP) is 13.7. The third-order valence-corrected chi connectivity index (χ3v) is 27.3. The first-order chi connectivity index (χ1) is 41.2. The van der Waals surface area contributed by atoms with Crippen LogP contribution in [0.4, 0.5) is 0 Å². The SMILES string of the molecule is c1ccc([Si](c2ccccc2)(c2ccccc2)c2cccc(-n3c4ccccc4c4ccc(-n5c6ccccc6c6c(-n7c8ccccc8c8cc([Si](c9ccccc9)(c9ccccc9)c9ccccc9)ccc87)cccc65)cc43)c2)cc1. The summed E-state index contributed by atoms with van der Waals surface area (Å²) in [5, 5.41) is 18.2. The molecule has 0 unspecified atom stereocenters. The van der Waals surface area contributed by atoms with Crippen LogP contribution in [-0.4, -0.2) is 29.8 Å². The van der Waals surface area contributed by atoms with Gasteiger partial charge in [0.25, 0.3) is 0 Å². The summed E-state index contributed by atoms with van der Waals surface area (Å²) in [4.78, 5) is 0. The summed E-state index contributed by atoms with van der Waals surface area (Å²) in [6.45, 7) is 0. The summed E-state index contributed by atoms with van der Waals surface area (Å²) in [6, 6.07) is 125. The number of hydrogen-bond acceptors (Lipinski definition) is 0. The van der Waals surface area contributed by atoms with Crippen LogP contribution in [0, 0.1) is 0 Å². The molecule has 0 radical (unpaired) electrons. The smallest absolute Gasteiger partial charge is 0.179 e. The van der Waals surface area contributed by atoms with Gasteiger partial charge < -0.3 is 13.7 Å². The van der Waals surface area contributed by atoms with E-state index in [0.29, 0.717) is 0 Å². The molecule has 0 saturated heterocycles. The lowest BCUT2D eigenvalue weighted by Gasteiger charge is -2.34. The molecule has 0 spiro atoms. The van der Waals surface area contributed by atoms with Gasteiger partial charge in [-0.15, -0.1) is 0 Å². The van der Waals surface area contributed by atoms with E-state index in [1.54, 1.807) is 0 Å². The van der Waals surface area contributed by atoms with Gasteiger partial charge in [-0.3, -0.25) is 0 Å². The standard InChI is InChI=1S/C78H55N3Si2/c1-7-28-58(29-8-1)82(59-30-9-2-10-31-59,60-32-11-3-12-33-60)64-40-25-27-56(53-64)80-71-44-22-19-41-66(71)68-51-49-57(54-77(68)80)79-73-46-24-21-43-69(73)78-75(79)47-26-48-76(78)81-72-45-23-20-42-67(72)70-55-65(50-52-74(70)81)83(61-34-13-4-14-35-61,62-36-15-5-16-37-62)63-38-17-6-18-39-63/h1-55H. The van der Waals surface area contributed by atoms with Crippen molar-refractivity contribution in [2.24, 2.45) is 0 Å². The van der Waals surface area contributed by atoms with Crippen molar-refractivity contribution in [1.29, 1.82) is 0 Å². The topological polar surface area (TPSA) is 14.8 Å². The summed E-state index contributed by atoms with van der Waals surface area (Å²) in [5.41, 5.74) is 10.4. The zero-order valence-electron chi connectivity index (χ0n) is 45.6. The van der Waals surface area contributed by atoms with Gasteiger partial charge in [0.2, 0.25) is 0 Å². The number of rotatable bonds is 11. The van der Waals surface area contributed by atoms with Crippen molar-refractivity contribution in [2.75, 3.05) is 0 Å². The van der Waals surface area contributed by atoms with E-state index in [9.17, 15) is 0 Å². The molecule has 3 aromatic heterocycles. The van der Waals surface area contributed by atoms with Crippen LogP contribution in [0.15, 0.2) is 334 Å². The number of para-hydroxylation sites is 3. The van der Waals surface area contributed by atoms with E-state index in [0.717, 1.165) is 33.6 Å². The van der Waals surface area contributed by atoms with E-state index in [2.05, 4.69) is 347 Å². The molecule has 0 aliphatic heterocycles. The molecule has 0 aliphatic rings. The number of benzene rings is 13. The quantitative estimate of drug-likeness (QED) is 0.0906. The molecule has 0 fully saturated rings. The maximum absolute atomic E-state index is 2.83. The first-order valence-corrected chi connectivity index (χ1v) is 32.8. The van der Waals surface area contributed by atoms with E-state index < -0.39 is 16.1 Å². The fourth-order valence-corrected chi connectivity index (χ4v) is 23.9. The number of hydrogen-bond donors (Lipinski definition) is 0. The minimum atomic E-state index is -2.83. The summed E-state index contributed by atoms with van der Waals surface area (Å²) < 4.78 is 7.53. The van der Waals surface area contributed by atoms with Crippen molar-refractivity contribution in [3.05, 3.63) is 334 Å². The van der Waals surface area contributed by atoms with Crippen LogP contribution >= 0.6 is 0 Å². The van der Waals surface area contributed by atoms with Crippen LogP contribution in [0.5, 0.6) is 0 Å². The first kappa shape index (κ1) is 48.6. The molecule has 0 atom stereocenters. The zero-order valence-corrected chi connectivity index (χ0v) is 47.6. The van der Waals surface area contributed by atoms with Gasteiger partial charge in [-0.25, -0.2) is 0 Å². The molecule has 0 aliphatic carbocycles. The average Bonchev–Trinajstić information content (AvgIpc) is 2.15. The molecule has 3 nitrogen and oxygen atoms in total. The van der Waals surface area contributed by atoms with Crippen LogP contribution in [0.3, 0.4) is 0 Å². The highest BCUT2D eigenvalue weighted by Crippen LogP contribution is 2.41. The Balaban J connectivity index is 0.908. The van der Waals surface area contributed by atoms with Crippen molar-refractivity contribution in [3.8, 4) is 17.1 Å². The molecule has 0 N–H and O–H groups in total. The molecule has 390 valence electrons. The lowest BCUT2D eigenvalue weighted by atomic mass is 10.1. The number of nitrogens with zero attached hydrogens (tertiary/aromatic N) is 3. The van der Waals surface area contributed by atoms with Crippen LogP contribution in [0.2, 0.25) is 0 Å². The minimum absolute atomic E-state index is 1.11. The molecule has 16 aromatic rings. The fraction of sp³-hybridized carbons (Fsp3) is 0. The van der Waals surface area contributed by atoms with Crippen LogP contribution in [-0.2, 0) is 0 Å². The molecule has 0 amide bonds. The molecular weight excluding hydrogens is 1040 g/mol. The van der Waals surface area contributed by atoms with Gasteiger partial charge in [-0.05, 0) is 102 Å². The lowest BCUT2D eigenvalue weighted by molar-refractivity contribution is 1.15. The minimum Gasteiger partial charge on any atom is -0.309 e. The molecule has 83 heavy (non-hydrogen) atoms. The van der Waals surface area contributed by atoms with E-state index in [4.69, 9.17) is 0 Å². The number of aromatic nitrogens is 3. The second-order valence-corrected chi connectivity index (χ2v) is 29.5. The second kappa shape index (κ2) is 19.7. The largest absolute Gasteiger partial charge is 0.309 e. The van der Waals surface area contributed by atoms with Gasteiger partial charge in [0.15, 0.2) is 16.1 Å². The van der Waals surface area contributed by atoms with Crippen LogP contribution in [0.25, 0.3) is 82.5 Å². The Hall–Kier alpha value is -10.3. The van der Waals surface area contributed by atoms with E-state index >= 15 is 0 Å². The Kier molecular flexibility index (Phi) is 11.6. The normalized spacial score (nSPS) is 12.1. The highest BCUT2D eigenvalue weighted by atomic mass is 28.3. The molecule has 13 aromatic carbocycles. The molecule has 3 heterocycles. The Morgan fingerprint density at radius 2 is 0.530 bits per heavy atom. The monoisotopic (exact) mass is 1090 g/mol. The Morgan fingerprint density at radius 1 is 0.181 bits per heavy atom. The highest BCUT2D eigenvalue weighted by molar-refractivity contribution is 7.20. The molecule has 0 saturated carbocycles. The molecule has 16 rings (SSSR count). The van der Waals surface area contributed by atoms with E-state index in [-0.39, 0.29) is 0 Å². The summed E-state index contributed by atoms with van der Waals surface area (Å²) >= 11 is 0. The Labute approximate surface area is 484 Å². The zero-order chi connectivity index (χ0) is 54.9. The Bertz CT molecular complexity index is 4880. The van der Waals surface area contributed by atoms with Gasteiger partial charge in [0, 0.05) is 43.7 Å². The van der Waals surface area contributed by atoms with Gasteiger partial charge in [0.1, 0.15) is 0 Å². The van der Waals surface area contributed by atoms with Crippen molar-refractivity contribution in [3.63, 3.8) is 0 Å². The van der Waals surface area contributed by atoms with E-state index in [1.807, 2.05) is 0 Å². The highest BCUT2D eigenvalue weighted by Gasteiger charge is 2.43. The molecule has 5 heteroatoms. The molecule has 0 bridgehead atoms. The van der Waals surface area contributed by atoms with E-state index in [1.165, 1.54) is 90.4 Å². The molecular formula is C78H55N3Si2. The Morgan fingerprint density at radius 3 is 1.05 bits per heavy atom. The second-order valence-electron chi connectivity index (χ2n) is 21.9. The van der Waals surface area contributed by atoms with Gasteiger partial charge in [0.05, 0.1) is 38.8 Å². The van der Waals surface area contributed by atoms with Crippen molar-refractivity contribution in [2.45, 2.75) is 0 Å². The third kappa shape index (κ3) is 7.42. The maximum atomic E-state index is 2.54.